The van der Waals surface area contributed by atoms with Gasteiger partial charge in [-0.05, 0) is 18.6 Å². The molecule has 1 aromatic carbocycles. The predicted molar refractivity (Wildman–Crippen MR) is 79.5 cm³/mol. The normalized spacial score (nSPS) is 12.2. The van der Waals surface area contributed by atoms with Crippen molar-refractivity contribution in [2.45, 2.75) is 13.0 Å². The van der Waals surface area contributed by atoms with Gasteiger partial charge in [0.1, 0.15) is 0 Å². The second-order valence-corrected chi connectivity index (χ2v) is 5.06. The van der Waals surface area contributed by atoms with E-state index in [1.807, 2.05) is 24.3 Å². The minimum absolute atomic E-state index is 0.131. The maximum absolute atomic E-state index is 11.7. The van der Waals surface area contributed by atoms with Gasteiger partial charge in [0.25, 0.3) is 0 Å². The van der Waals surface area contributed by atoms with E-state index in [1.54, 1.807) is 17.8 Å². The maximum atomic E-state index is 11.7. The van der Waals surface area contributed by atoms with Crippen LogP contribution in [0.3, 0.4) is 0 Å². The van der Waals surface area contributed by atoms with Crippen LogP contribution in [-0.4, -0.2) is 28.9 Å². The van der Waals surface area contributed by atoms with E-state index >= 15 is 0 Å². The molecule has 0 spiro atoms. The molecular formula is C14H16BrN3O2. The van der Waals surface area contributed by atoms with E-state index in [9.17, 15) is 4.79 Å². The number of carbonyl (C=O) groups is 1. The first-order chi connectivity index (χ1) is 9.67. The molecule has 1 atom stereocenters. The standard InChI is InChI=1S/C14H16BrN3O2/c1-2-20-14(19)10-8-17-18(9-10)13(7-16)11-5-3-4-6-12(11)15/h3-6,8-9,13H,2,7,16H2,1H3. The quantitative estimate of drug-likeness (QED) is 0.850. The molecule has 0 aliphatic heterocycles. The van der Waals surface area contributed by atoms with Crippen molar-refractivity contribution >= 4 is 21.9 Å². The average molecular weight is 338 g/mol. The highest BCUT2D eigenvalue weighted by Crippen LogP contribution is 2.25. The number of nitrogens with two attached hydrogens (primary N) is 1. The van der Waals surface area contributed by atoms with Gasteiger partial charge in [-0.1, -0.05) is 34.1 Å². The Labute approximate surface area is 125 Å². The number of hydrogen-bond acceptors (Lipinski definition) is 4. The number of rotatable bonds is 5. The number of benzene rings is 1. The molecule has 1 unspecified atom stereocenters. The predicted octanol–water partition coefficient (Wildman–Crippen LogP) is 2.37. The molecule has 106 valence electrons. The molecule has 1 heterocycles. The van der Waals surface area contributed by atoms with Gasteiger partial charge in [-0.2, -0.15) is 5.10 Å². The average Bonchev–Trinajstić information content (AvgIpc) is 2.92. The number of halogens is 1. The van der Waals surface area contributed by atoms with Gasteiger partial charge in [0.15, 0.2) is 0 Å². The highest BCUT2D eigenvalue weighted by atomic mass is 79.9. The van der Waals surface area contributed by atoms with Crippen molar-refractivity contribution in [3.05, 3.63) is 52.3 Å². The van der Waals surface area contributed by atoms with Gasteiger partial charge in [0.05, 0.1) is 24.4 Å². The molecule has 0 saturated carbocycles. The summed E-state index contributed by atoms with van der Waals surface area (Å²) in [6.07, 6.45) is 3.16. The summed E-state index contributed by atoms with van der Waals surface area (Å²) in [5.41, 5.74) is 7.30. The molecule has 1 aromatic heterocycles. The second kappa shape index (κ2) is 6.67. The molecule has 0 radical (unpaired) electrons. The van der Waals surface area contributed by atoms with Crippen molar-refractivity contribution in [2.24, 2.45) is 5.73 Å². The van der Waals surface area contributed by atoms with Crippen LogP contribution in [0.15, 0.2) is 41.1 Å². The molecule has 20 heavy (non-hydrogen) atoms. The third kappa shape index (κ3) is 3.08. The van der Waals surface area contributed by atoms with Crippen LogP contribution in [0.2, 0.25) is 0 Å². The molecule has 2 rings (SSSR count). The molecule has 2 aromatic rings. The van der Waals surface area contributed by atoms with E-state index in [4.69, 9.17) is 10.5 Å². The van der Waals surface area contributed by atoms with Gasteiger partial charge in [-0.25, -0.2) is 4.79 Å². The van der Waals surface area contributed by atoms with Crippen LogP contribution in [0.1, 0.15) is 28.9 Å². The summed E-state index contributed by atoms with van der Waals surface area (Å²) in [6.45, 7) is 2.49. The Hall–Kier alpha value is -1.66. The summed E-state index contributed by atoms with van der Waals surface area (Å²) < 4.78 is 7.60. The molecule has 5 nitrogen and oxygen atoms in total. The van der Waals surface area contributed by atoms with E-state index in [1.165, 1.54) is 6.20 Å². The molecular weight excluding hydrogens is 322 g/mol. The van der Waals surface area contributed by atoms with E-state index in [0.29, 0.717) is 18.7 Å². The van der Waals surface area contributed by atoms with Gasteiger partial charge >= 0.3 is 5.97 Å². The molecule has 0 aliphatic carbocycles. The summed E-state index contributed by atoms with van der Waals surface area (Å²) >= 11 is 3.51. The van der Waals surface area contributed by atoms with Crippen molar-refractivity contribution < 1.29 is 9.53 Å². The molecule has 0 aliphatic rings. The Kier molecular flexibility index (Phi) is 4.92. The SMILES string of the molecule is CCOC(=O)c1cnn(C(CN)c2ccccc2Br)c1. The fourth-order valence-electron chi connectivity index (χ4n) is 1.95. The van der Waals surface area contributed by atoms with Crippen LogP contribution in [0.25, 0.3) is 0 Å². The molecule has 2 N–H and O–H groups in total. The number of nitrogens with zero attached hydrogens (tertiary/aromatic N) is 2. The lowest BCUT2D eigenvalue weighted by atomic mass is 10.1. The van der Waals surface area contributed by atoms with Gasteiger partial charge < -0.3 is 10.5 Å². The number of carbonyl (C=O) groups excluding carboxylic acids is 1. The second-order valence-electron chi connectivity index (χ2n) is 4.20. The minimum Gasteiger partial charge on any atom is -0.462 e. The summed E-state index contributed by atoms with van der Waals surface area (Å²) in [6, 6.07) is 7.68. The van der Waals surface area contributed by atoms with Crippen molar-refractivity contribution in [3.63, 3.8) is 0 Å². The Morgan fingerprint density at radius 3 is 2.90 bits per heavy atom. The monoisotopic (exact) mass is 337 g/mol. The molecule has 6 heteroatoms. The maximum Gasteiger partial charge on any atom is 0.341 e. The minimum atomic E-state index is -0.373. The Morgan fingerprint density at radius 2 is 2.25 bits per heavy atom. The first kappa shape index (κ1) is 14.7. The number of esters is 1. The topological polar surface area (TPSA) is 70.1 Å². The smallest absolute Gasteiger partial charge is 0.341 e. The summed E-state index contributed by atoms with van der Waals surface area (Å²) in [5.74, 6) is -0.373. The van der Waals surface area contributed by atoms with Crippen LogP contribution < -0.4 is 5.73 Å². The first-order valence-electron chi connectivity index (χ1n) is 6.33. The van der Waals surface area contributed by atoms with Crippen LogP contribution in [0, 0.1) is 0 Å². The van der Waals surface area contributed by atoms with Crippen LogP contribution in [0.5, 0.6) is 0 Å². The zero-order valence-electron chi connectivity index (χ0n) is 11.1. The lowest BCUT2D eigenvalue weighted by molar-refractivity contribution is 0.0526. The van der Waals surface area contributed by atoms with Gasteiger partial charge in [0.2, 0.25) is 0 Å². The highest BCUT2D eigenvalue weighted by Gasteiger charge is 2.18. The van der Waals surface area contributed by atoms with E-state index in [0.717, 1.165) is 10.0 Å². The van der Waals surface area contributed by atoms with Crippen molar-refractivity contribution in [2.75, 3.05) is 13.2 Å². The summed E-state index contributed by atoms with van der Waals surface area (Å²) in [5, 5.41) is 4.22. The largest absolute Gasteiger partial charge is 0.462 e. The lowest BCUT2D eigenvalue weighted by Crippen LogP contribution is -2.21. The number of aromatic nitrogens is 2. The molecule has 0 bridgehead atoms. The van der Waals surface area contributed by atoms with Crippen molar-refractivity contribution in [1.82, 2.24) is 9.78 Å². The van der Waals surface area contributed by atoms with E-state index in [-0.39, 0.29) is 12.0 Å². The Bertz CT molecular complexity index is 598. The fourth-order valence-corrected chi connectivity index (χ4v) is 2.50. The zero-order valence-corrected chi connectivity index (χ0v) is 12.7. The van der Waals surface area contributed by atoms with Gasteiger partial charge in [-0.3, -0.25) is 4.68 Å². The zero-order chi connectivity index (χ0) is 14.5. The van der Waals surface area contributed by atoms with Crippen LogP contribution in [-0.2, 0) is 4.74 Å². The number of ether oxygens (including phenoxy) is 1. The first-order valence-corrected chi connectivity index (χ1v) is 7.12. The van der Waals surface area contributed by atoms with E-state index in [2.05, 4.69) is 21.0 Å². The Balaban J connectivity index is 2.29. The Morgan fingerprint density at radius 1 is 1.50 bits per heavy atom. The molecule has 0 fully saturated rings. The molecule has 0 amide bonds. The summed E-state index contributed by atoms with van der Waals surface area (Å²) in [7, 11) is 0. The number of hydrogen-bond donors (Lipinski definition) is 1. The van der Waals surface area contributed by atoms with Gasteiger partial charge in [-0.15, -0.1) is 0 Å². The van der Waals surface area contributed by atoms with Crippen molar-refractivity contribution in [3.8, 4) is 0 Å². The van der Waals surface area contributed by atoms with Crippen molar-refractivity contribution in [1.29, 1.82) is 0 Å². The lowest BCUT2D eigenvalue weighted by Gasteiger charge is -2.17. The highest BCUT2D eigenvalue weighted by molar-refractivity contribution is 9.10. The third-order valence-corrected chi connectivity index (χ3v) is 3.64. The third-order valence-electron chi connectivity index (χ3n) is 2.92. The van der Waals surface area contributed by atoms with Gasteiger partial charge in [0, 0.05) is 17.2 Å². The van der Waals surface area contributed by atoms with Crippen LogP contribution >= 0.6 is 15.9 Å². The van der Waals surface area contributed by atoms with E-state index < -0.39 is 0 Å². The van der Waals surface area contributed by atoms with Crippen LogP contribution in [0.4, 0.5) is 0 Å². The summed E-state index contributed by atoms with van der Waals surface area (Å²) in [4.78, 5) is 11.7. The molecule has 0 saturated heterocycles. The fraction of sp³-hybridized carbons (Fsp3) is 0.286.